The van der Waals surface area contributed by atoms with Crippen molar-refractivity contribution in [1.82, 2.24) is 24.2 Å². The molecule has 1 saturated carbocycles. The van der Waals surface area contributed by atoms with E-state index in [1.165, 1.54) is 12.1 Å². The number of halogens is 3. The molecule has 12 heteroatoms. The van der Waals surface area contributed by atoms with E-state index in [2.05, 4.69) is 19.9 Å². The van der Waals surface area contributed by atoms with E-state index in [1.807, 2.05) is 12.3 Å². The molecule has 1 atom stereocenters. The summed E-state index contributed by atoms with van der Waals surface area (Å²) in [5, 5.41) is 2.03. The Labute approximate surface area is 236 Å². The van der Waals surface area contributed by atoms with Crippen molar-refractivity contribution in [1.29, 1.82) is 0 Å². The summed E-state index contributed by atoms with van der Waals surface area (Å²) in [4.78, 5) is 16.6. The zero-order valence-electron chi connectivity index (χ0n) is 22.5. The Kier molecular flexibility index (Phi) is 7.62. The molecule has 41 heavy (non-hydrogen) atoms. The lowest BCUT2D eigenvalue weighted by Crippen LogP contribution is -2.43. The standard InChI is InChI=1S/C29H32F3N5O3S/c30-29(31,32)22-7-9-23(10-8-22)40-16-20-2-1-13-37(15-20)41(38,39)17-19-3-5-21(6-4-19)27-26-24-11-12-33-28(24)34-14-25(26)35-18-36-27/h7-12,14,18-21H,1-6,13,15-17H2,(H,33,34). The van der Waals surface area contributed by atoms with Crippen molar-refractivity contribution in [3.63, 3.8) is 0 Å². The summed E-state index contributed by atoms with van der Waals surface area (Å²) in [5.74, 6) is 0.786. The van der Waals surface area contributed by atoms with Crippen molar-refractivity contribution in [3.05, 3.63) is 60.3 Å². The monoisotopic (exact) mass is 587 g/mol. The van der Waals surface area contributed by atoms with E-state index in [1.54, 1.807) is 16.8 Å². The summed E-state index contributed by atoms with van der Waals surface area (Å²) in [5.41, 5.74) is 1.90. The molecule has 4 aromatic rings. The fraction of sp³-hybridized carbons (Fsp3) is 0.483. The molecule has 1 aliphatic heterocycles. The van der Waals surface area contributed by atoms with Crippen molar-refractivity contribution >= 4 is 32.0 Å². The molecule has 0 bridgehead atoms. The first-order chi connectivity index (χ1) is 19.7. The maximum atomic E-state index is 13.4. The summed E-state index contributed by atoms with van der Waals surface area (Å²) in [7, 11) is -3.44. The van der Waals surface area contributed by atoms with Crippen LogP contribution >= 0.6 is 0 Å². The second-order valence-corrected chi connectivity index (χ2v) is 13.2. The van der Waals surface area contributed by atoms with Gasteiger partial charge < -0.3 is 9.72 Å². The molecule has 2 aliphatic rings. The van der Waals surface area contributed by atoms with Gasteiger partial charge in [-0.05, 0) is 74.8 Å². The highest BCUT2D eigenvalue weighted by molar-refractivity contribution is 7.89. The average molecular weight is 588 g/mol. The number of hydrogen-bond donors (Lipinski definition) is 1. The predicted molar refractivity (Wildman–Crippen MR) is 149 cm³/mol. The Balaban J connectivity index is 1.04. The number of aromatic nitrogens is 4. The van der Waals surface area contributed by atoms with E-state index in [0.29, 0.717) is 18.8 Å². The molecule has 0 spiro atoms. The van der Waals surface area contributed by atoms with Crippen molar-refractivity contribution in [2.75, 3.05) is 25.4 Å². The van der Waals surface area contributed by atoms with Crippen molar-refractivity contribution in [2.45, 2.75) is 50.6 Å². The fourth-order valence-electron chi connectivity index (χ4n) is 6.27. The largest absolute Gasteiger partial charge is 0.493 e. The molecule has 0 amide bonds. The van der Waals surface area contributed by atoms with Crippen LogP contribution in [-0.4, -0.2) is 58.1 Å². The Bertz CT molecular complexity index is 1620. The third kappa shape index (κ3) is 6.04. The molecule has 8 nitrogen and oxygen atoms in total. The number of hydrogen-bond acceptors (Lipinski definition) is 6. The van der Waals surface area contributed by atoms with Crippen LogP contribution < -0.4 is 4.74 Å². The number of alkyl halides is 3. The van der Waals surface area contributed by atoms with Gasteiger partial charge in [0.2, 0.25) is 10.0 Å². The molecule has 1 N–H and O–H groups in total. The number of piperidine rings is 1. The minimum Gasteiger partial charge on any atom is -0.493 e. The Morgan fingerprint density at radius 2 is 1.76 bits per heavy atom. The van der Waals surface area contributed by atoms with E-state index in [0.717, 1.165) is 78.3 Å². The summed E-state index contributed by atoms with van der Waals surface area (Å²) in [6, 6.07) is 6.59. The van der Waals surface area contributed by atoms with Gasteiger partial charge in [0.05, 0.1) is 35.3 Å². The number of H-pyrrole nitrogens is 1. The fourth-order valence-corrected chi connectivity index (χ4v) is 8.25. The van der Waals surface area contributed by atoms with Gasteiger partial charge in [-0.15, -0.1) is 0 Å². The molecule has 1 aliphatic carbocycles. The zero-order chi connectivity index (χ0) is 28.6. The van der Waals surface area contributed by atoms with Gasteiger partial charge in [0.1, 0.15) is 17.7 Å². The molecule has 3 aromatic heterocycles. The summed E-state index contributed by atoms with van der Waals surface area (Å²) in [6.07, 6.45) is 5.71. The van der Waals surface area contributed by atoms with Crippen LogP contribution in [0.1, 0.15) is 55.7 Å². The van der Waals surface area contributed by atoms with Crippen LogP contribution in [0.4, 0.5) is 13.2 Å². The van der Waals surface area contributed by atoms with Crippen LogP contribution in [0.5, 0.6) is 5.75 Å². The highest BCUT2D eigenvalue weighted by atomic mass is 32.2. The number of sulfonamides is 1. The summed E-state index contributed by atoms with van der Waals surface area (Å²) in [6.45, 7) is 1.12. The zero-order valence-corrected chi connectivity index (χ0v) is 23.3. The molecular weight excluding hydrogens is 555 g/mol. The maximum absolute atomic E-state index is 13.4. The first-order valence-electron chi connectivity index (χ1n) is 14.0. The third-order valence-corrected chi connectivity index (χ3v) is 10.4. The number of pyridine rings is 1. The summed E-state index contributed by atoms with van der Waals surface area (Å²) < 4.78 is 72.5. The predicted octanol–water partition coefficient (Wildman–Crippen LogP) is 5.92. The maximum Gasteiger partial charge on any atom is 0.416 e. The number of nitrogens with one attached hydrogen (secondary N) is 1. The lowest BCUT2D eigenvalue weighted by Gasteiger charge is -2.34. The minimum absolute atomic E-state index is 0.0117. The smallest absolute Gasteiger partial charge is 0.416 e. The molecule has 1 aromatic carbocycles. The molecule has 218 valence electrons. The van der Waals surface area contributed by atoms with Crippen molar-refractivity contribution in [3.8, 4) is 5.75 Å². The van der Waals surface area contributed by atoms with Gasteiger partial charge in [0.15, 0.2) is 0 Å². The highest BCUT2D eigenvalue weighted by Gasteiger charge is 2.34. The van der Waals surface area contributed by atoms with Crippen LogP contribution in [0.2, 0.25) is 0 Å². The molecule has 0 radical (unpaired) electrons. The number of rotatable bonds is 7. The van der Waals surface area contributed by atoms with Gasteiger partial charge >= 0.3 is 6.18 Å². The van der Waals surface area contributed by atoms with Gasteiger partial charge in [0.25, 0.3) is 0 Å². The number of benzene rings is 1. The number of nitrogens with zero attached hydrogens (tertiary/aromatic N) is 4. The number of fused-ring (bicyclic) bond motifs is 3. The van der Waals surface area contributed by atoms with E-state index in [-0.39, 0.29) is 30.1 Å². The third-order valence-electron chi connectivity index (χ3n) is 8.44. The van der Waals surface area contributed by atoms with Crippen LogP contribution in [-0.2, 0) is 16.2 Å². The van der Waals surface area contributed by atoms with Crippen LogP contribution in [0.15, 0.2) is 49.1 Å². The van der Waals surface area contributed by atoms with E-state index in [4.69, 9.17) is 4.74 Å². The first kappa shape index (κ1) is 27.9. The van der Waals surface area contributed by atoms with E-state index >= 15 is 0 Å². The lowest BCUT2D eigenvalue weighted by molar-refractivity contribution is -0.137. The molecule has 4 heterocycles. The second kappa shape index (κ2) is 11.2. The topological polar surface area (TPSA) is 101 Å². The van der Waals surface area contributed by atoms with Crippen molar-refractivity contribution < 1.29 is 26.3 Å². The van der Waals surface area contributed by atoms with Gasteiger partial charge in [-0.3, -0.25) is 0 Å². The SMILES string of the molecule is O=S(=O)(CC1CCC(c2ncnc3cnc4[nH]ccc4c23)CC1)N1CCCC(COc2ccc(C(F)(F)F)cc2)C1. The minimum atomic E-state index is -4.40. The highest BCUT2D eigenvalue weighted by Crippen LogP contribution is 2.39. The lowest BCUT2D eigenvalue weighted by atomic mass is 9.80. The molecule has 2 fully saturated rings. The number of aromatic amines is 1. The van der Waals surface area contributed by atoms with Crippen LogP contribution in [0, 0.1) is 11.8 Å². The van der Waals surface area contributed by atoms with Gasteiger partial charge in [-0.2, -0.15) is 13.2 Å². The molecular formula is C29H32F3N5O3S. The average Bonchev–Trinajstić information content (AvgIpc) is 3.45. The van der Waals surface area contributed by atoms with Crippen LogP contribution in [0.25, 0.3) is 21.9 Å². The van der Waals surface area contributed by atoms with E-state index < -0.39 is 21.8 Å². The second-order valence-electron chi connectivity index (χ2n) is 11.2. The van der Waals surface area contributed by atoms with E-state index in [9.17, 15) is 21.6 Å². The molecule has 1 saturated heterocycles. The quantitative estimate of drug-likeness (QED) is 0.288. The Hall–Kier alpha value is -3.25. The van der Waals surface area contributed by atoms with Crippen LogP contribution in [0.3, 0.4) is 0 Å². The van der Waals surface area contributed by atoms with Gasteiger partial charge in [-0.25, -0.2) is 27.7 Å². The van der Waals surface area contributed by atoms with Gasteiger partial charge in [-0.1, -0.05) is 0 Å². The first-order valence-corrected chi connectivity index (χ1v) is 15.6. The molecule has 6 rings (SSSR count). The number of ether oxygens (including phenoxy) is 1. The molecule has 1 unspecified atom stereocenters. The Morgan fingerprint density at radius 1 is 0.976 bits per heavy atom. The van der Waals surface area contributed by atoms with Gasteiger partial charge in [0, 0.05) is 41.9 Å². The Morgan fingerprint density at radius 3 is 2.51 bits per heavy atom. The normalized spacial score (nSPS) is 22.8. The van der Waals surface area contributed by atoms with Crippen molar-refractivity contribution in [2.24, 2.45) is 11.8 Å². The summed E-state index contributed by atoms with van der Waals surface area (Å²) >= 11 is 0.